The topological polar surface area (TPSA) is 92.5 Å². The van der Waals surface area contributed by atoms with Gasteiger partial charge in [0.2, 0.25) is 0 Å². The van der Waals surface area contributed by atoms with Gasteiger partial charge in [0.25, 0.3) is 0 Å². The zero-order chi connectivity index (χ0) is 20.1. The highest BCUT2D eigenvalue weighted by Gasteiger charge is 2.23. The van der Waals surface area contributed by atoms with Crippen molar-refractivity contribution in [2.24, 2.45) is 0 Å². The molecule has 28 heavy (non-hydrogen) atoms. The predicted octanol–water partition coefficient (Wildman–Crippen LogP) is 2.21. The second-order valence-corrected chi connectivity index (χ2v) is 6.78. The lowest BCUT2D eigenvalue weighted by Gasteiger charge is -2.13. The number of ether oxygens (including phenoxy) is 1. The van der Waals surface area contributed by atoms with Crippen LogP contribution in [0.2, 0.25) is 0 Å². The first-order chi connectivity index (χ1) is 13.5. The van der Waals surface area contributed by atoms with Crippen molar-refractivity contribution in [3.63, 3.8) is 0 Å². The third-order valence-electron chi connectivity index (χ3n) is 4.39. The van der Waals surface area contributed by atoms with E-state index in [0.717, 1.165) is 12.2 Å². The Morgan fingerprint density at radius 3 is 3.04 bits per heavy atom. The second-order valence-electron chi connectivity index (χ2n) is 6.78. The van der Waals surface area contributed by atoms with Gasteiger partial charge < -0.3 is 20.1 Å². The van der Waals surface area contributed by atoms with Crippen LogP contribution >= 0.6 is 0 Å². The van der Waals surface area contributed by atoms with Gasteiger partial charge in [-0.25, -0.2) is 9.18 Å². The zero-order valence-corrected chi connectivity index (χ0v) is 15.9. The SMILES string of the molecule is CN(C)CCOCCn1nc(Nc2cnccc2C(=O)O)c2c1C=CC(F)C2. The van der Waals surface area contributed by atoms with Crippen molar-refractivity contribution < 1.29 is 19.0 Å². The van der Waals surface area contributed by atoms with Crippen LogP contribution in [0, 0.1) is 0 Å². The maximum atomic E-state index is 13.9. The number of nitrogens with zero attached hydrogens (tertiary/aromatic N) is 4. The molecule has 2 N–H and O–H groups in total. The van der Waals surface area contributed by atoms with E-state index in [2.05, 4.69) is 15.4 Å². The number of hydrogen-bond acceptors (Lipinski definition) is 6. The molecule has 2 heterocycles. The molecular formula is C19H24FN5O3. The molecule has 150 valence electrons. The van der Waals surface area contributed by atoms with Crippen molar-refractivity contribution in [3.05, 3.63) is 41.4 Å². The number of aromatic carboxylic acids is 1. The summed E-state index contributed by atoms with van der Waals surface area (Å²) in [5.41, 5.74) is 1.90. The predicted molar refractivity (Wildman–Crippen MR) is 104 cm³/mol. The number of anilines is 2. The Balaban J connectivity index is 1.79. The molecule has 2 aromatic rings. The Hall–Kier alpha value is -2.78. The molecule has 1 aliphatic rings. The van der Waals surface area contributed by atoms with E-state index in [9.17, 15) is 14.3 Å². The monoisotopic (exact) mass is 389 g/mol. The maximum Gasteiger partial charge on any atom is 0.337 e. The Morgan fingerprint density at radius 2 is 2.29 bits per heavy atom. The molecule has 0 radical (unpaired) electrons. The largest absolute Gasteiger partial charge is 0.478 e. The van der Waals surface area contributed by atoms with Crippen LogP contribution in [0.4, 0.5) is 15.9 Å². The number of rotatable bonds is 9. The molecule has 1 aliphatic carbocycles. The Labute approximate surface area is 162 Å². The summed E-state index contributed by atoms with van der Waals surface area (Å²) in [5.74, 6) is -0.637. The Morgan fingerprint density at radius 1 is 1.46 bits per heavy atom. The Bertz CT molecular complexity index is 865. The summed E-state index contributed by atoms with van der Waals surface area (Å²) < 4.78 is 21.3. The van der Waals surface area contributed by atoms with Crippen LogP contribution in [-0.4, -0.2) is 70.8 Å². The van der Waals surface area contributed by atoms with Crippen LogP contribution in [0.25, 0.3) is 6.08 Å². The van der Waals surface area contributed by atoms with Gasteiger partial charge >= 0.3 is 5.97 Å². The van der Waals surface area contributed by atoms with E-state index in [1.54, 1.807) is 10.8 Å². The third kappa shape index (κ3) is 4.73. The van der Waals surface area contributed by atoms with Crippen molar-refractivity contribution in [1.29, 1.82) is 0 Å². The van der Waals surface area contributed by atoms with E-state index >= 15 is 0 Å². The number of aromatic nitrogens is 3. The maximum absolute atomic E-state index is 13.9. The van der Waals surface area contributed by atoms with E-state index in [4.69, 9.17) is 4.74 Å². The molecular weight excluding hydrogens is 365 g/mol. The molecule has 0 bridgehead atoms. The average molecular weight is 389 g/mol. The van der Waals surface area contributed by atoms with Crippen molar-refractivity contribution in [1.82, 2.24) is 19.7 Å². The smallest absolute Gasteiger partial charge is 0.337 e. The molecule has 2 aromatic heterocycles. The number of fused-ring (bicyclic) bond motifs is 1. The molecule has 1 unspecified atom stereocenters. The zero-order valence-electron chi connectivity index (χ0n) is 15.9. The number of nitrogens with one attached hydrogen (secondary N) is 1. The highest BCUT2D eigenvalue weighted by Crippen LogP contribution is 2.30. The van der Waals surface area contributed by atoms with Crippen molar-refractivity contribution in [2.45, 2.75) is 19.1 Å². The molecule has 0 amide bonds. The highest BCUT2D eigenvalue weighted by atomic mass is 19.1. The standard InChI is InChI=1S/C19H24FN5O3/c1-24(2)7-9-28-10-8-25-17-4-3-13(20)11-15(17)18(23-25)22-16-12-21-6-5-14(16)19(26)27/h3-6,12-13H,7-11H2,1-2H3,(H,22,23)(H,26,27). The Kier molecular flexibility index (Phi) is 6.37. The van der Waals surface area contributed by atoms with Crippen molar-refractivity contribution >= 4 is 23.6 Å². The summed E-state index contributed by atoms with van der Waals surface area (Å²) in [7, 11) is 3.96. The number of carbonyl (C=O) groups is 1. The van der Waals surface area contributed by atoms with E-state index in [-0.39, 0.29) is 12.0 Å². The molecule has 3 rings (SSSR count). The molecule has 8 nitrogen and oxygen atoms in total. The number of carboxylic acids is 1. The first-order valence-electron chi connectivity index (χ1n) is 9.04. The normalized spacial score (nSPS) is 15.6. The number of halogens is 1. The summed E-state index contributed by atoms with van der Waals surface area (Å²) in [4.78, 5) is 17.4. The number of alkyl halides is 1. The number of hydrogen-bond donors (Lipinski definition) is 2. The van der Waals surface area contributed by atoms with Gasteiger partial charge in [-0.3, -0.25) is 9.67 Å². The molecule has 0 saturated heterocycles. The number of pyridine rings is 1. The van der Waals surface area contributed by atoms with Crippen molar-refractivity contribution in [3.8, 4) is 0 Å². The fraction of sp³-hybridized carbons (Fsp3) is 0.421. The lowest BCUT2D eigenvalue weighted by Crippen LogP contribution is -2.19. The molecule has 0 aromatic carbocycles. The van der Waals surface area contributed by atoms with Gasteiger partial charge in [-0.1, -0.05) is 0 Å². The third-order valence-corrected chi connectivity index (χ3v) is 4.39. The van der Waals surface area contributed by atoms with E-state index in [1.165, 1.54) is 24.5 Å². The minimum atomic E-state index is -1.10. The lowest BCUT2D eigenvalue weighted by molar-refractivity contribution is 0.0698. The van der Waals surface area contributed by atoms with E-state index in [0.29, 0.717) is 36.8 Å². The molecule has 0 saturated carbocycles. The van der Waals surface area contributed by atoms with Crippen LogP contribution in [-0.2, 0) is 17.7 Å². The van der Waals surface area contributed by atoms with Crippen LogP contribution in [0.15, 0.2) is 24.5 Å². The molecule has 1 atom stereocenters. The van der Waals surface area contributed by atoms with Gasteiger partial charge in [0.15, 0.2) is 5.82 Å². The molecule has 9 heteroatoms. The van der Waals surface area contributed by atoms with Gasteiger partial charge in [-0.15, -0.1) is 0 Å². The summed E-state index contributed by atoms with van der Waals surface area (Å²) in [6.45, 7) is 2.42. The average Bonchev–Trinajstić information content (AvgIpc) is 2.98. The lowest BCUT2D eigenvalue weighted by atomic mass is 10.0. The minimum Gasteiger partial charge on any atom is -0.478 e. The van der Waals surface area contributed by atoms with Crippen LogP contribution in [0.1, 0.15) is 21.6 Å². The van der Waals surface area contributed by atoms with Crippen LogP contribution in [0.3, 0.4) is 0 Å². The van der Waals surface area contributed by atoms with Gasteiger partial charge in [0.1, 0.15) is 6.17 Å². The molecule has 0 fully saturated rings. The number of carboxylic acid groups (broad SMARTS) is 1. The van der Waals surface area contributed by atoms with Crippen molar-refractivity contribution in [2.75, 3.05) is 39.2 Å². The van der Waals surface area contributed by atoms with E-state index in [1.807, 2.05) is 19.0 Å². The first-order valence-corrected chi connectivity index (χ1v) is 9.04. The quantitative estimate of drug-likeness (QED) is 0.635. The van der Waals surface area contributed by atoms with Gasteiger partial charge in [-0.2, -0.15) is 5.10 Å². The van der Waals surface area contributed by atoms with Crippen LogP contribution < -0.4 is 5.32 Å². The fourth-order valence-electron chi connectivity index (χ4n) is 2.94. The molecule has 0 aliphatic heterocycles. The van der Waals surface area contributed by atoms with Gasteiger partial charge in [0.05, 0.1) is 42.9 Å². The summed E-state index contributed by atoms with van der Waals surface area (Å²) in [6.07, 6.45) is 5.12. The number of likely N-dealkylation sites (N-methyl/N-ethyl adjacent to an activating group) is 1. The summed E-state index contributed by atoms with van der Waals surface area (Å²) >= 11 is 0. The summed E-state index contributed by atoms with van der Waals surface area (Å²) in [5, 5.41) is 16.9. The summed E-state index contributed by atoms with van der Waals surface area (Å²) in [6, 6.07) is 1.41. The minimum absolute atomic E-state index is 0.0773. The fourth-order valence-corrected chi connectivity index (χ4v) is 2.94. The van der Waals surface area contributed by atoms with Crippen LogP contribution in [0.5, 0.6) is 0 Å². The molecule has 0 spiro atoms. The number of allylic oxidation sites excluding steroid dienone is 1. The van der Waals surface area contributed by atoms with Gasteiger partial charge in [-0.05, 0) is 32.3 Å². The van der Waals surface area contributed by atoms with Gasteiger partial charge in [0, 0.05) is 24.7 Å². The van der Waals surface area contributed by atoms with E-state index < -0.39 is 12.1 Å². The first kappa shape index (κ1) is 20.0. The highest BCUT2D eigenvalue weighted by molar-refractivity contribution is 5.94. The second kappa shape index (κ2) is 8.94.